The third-order valence-corrected chi connectivity index (χ3v) is 9.73. The summed E-state index contributed by atoms with van der Waals surface area (Å²) in [6.45, 7) is 2.30. The Labute approximate surface area is 305 Å². The Kier molecular flexibility index (Phi) is 32.3. The molecule has 0 saturated carbocycles. The predicted molar refractivity (Wildman–Crippen MR) is 178 cm³/mol. The van der Waals surface area contributed by atoms with Gasteiger partial charge in [-0.25, -0.2) is 8.42 Å². The van der Waals surface area contributed by atoms with Gasteiger partial charge in [-0.3, -0.25) is 0 Å². The molecular formula is C37H67KO3S. The summed E-state index contributed by atoms with van der Waals surface area (Å²) in [6.07, 6.45) is 41.0. The molecule has 0 bridgehead atoms. The van der Waals surface area contributed by atoms with Gasteiger partial charge < -0.3 is 4.55 Å². The predicted octanol–water partition coefficient (Wildman–Crippen LogP) is 9.47. The Hall–Kier alpha value is 0.766. The summed E-state index contributed by atoms with van der Waals surface area (Å²) in [5, 5.41) is 0. The van der Waals surface area contributed by atoms with E-state index in [0.717, 1.165) is 12.8 Å². The van der Waals surface area contributed by atoms with Crippen molar-refractivity contribution >= 4 is 10.1 Å². The van der Waals surface area contributed by atoms with Crippen LogP contribution in [0, 0.1) is 0 Å². The molecule has 0 N–H and O–H groups in total. The van der Waals surface area contributed by atoms with Crippen molar-refractivity contribution in [3.8, 4) is 0 Å². The molecule has 240 valence electrons. The van der Waals surface area contributed by atoms with E-state index in [2.05, 4.69) is 6.92 Å². The molecule has 0 heterocycles. The number of unbranched alkanes of at least 4 members (excludes halogenated alkanes) is 28. The molecule has 1 aromatic carbocycles. The number of benzene rings is 1. The molecule has 3 nitrogen and oxygen atoms in total. The van der Waals surface area contributed by atoms with Crippen LogP contribution in [0.5, 0.6) is 0 Å². The molecule has 0 amide bonds. The first-order chi connectivity index (χ1) is 20.1. The smallest absolute Gasteiger partial charge is 0.744 e. The van der Waals surface area contributed by atoms with Crippen LogP contribution in [0.25, 0.3) is 0 Å². The van der Waals surface area contributed by atoms with Gasteiger partial charge in [0.2, 0.25) is 0 Å². The summed E-state index contributed by atoms with van der Waals surface area (Å²) in [5.41, 5.74) is 0.674. The molecule has 0 unspecified atom stereocenters. The molecule has 0 saturated heterocycles. The molecule has 1 aromatic rings. The normalized spacial score (nSPS) is 11.6. The molecule has 0 aliphatic rings. The number of rotatable bonds is 31. The summed E-state index contributed by atoms with van der Waals surface area (Å²) >= 11 is 0. The zero-order valence-corrected chi connectivity index (χ0v) is 32.1. The minimum absolute atomic E-state index is 0. The second-order valence-corrected chi connectivity index (χ2v) is 14.1. The first-order valence-electron chi connectivity index (χ1n) is 18.1. The number of hydrogen-bond acceptors (Lipinski definition) is 3. The van der Waals surface area contributed by atoms with Crippen molar-refractivity contribution in [1.29, 1.82) is 0 Å². The molecule has 42 heavy (non-hydrogen) atoms. The van der Waals surface area contributed by atoms with Crippen molar-refractivity contribution in [2.24, 2.45) is 0 Å². The van der Waals surface area contributed by atoms with Crippen molar-refractivity contribution in [3.63, 3.8) is 0 Å². The van der Waals surface area contributed by atoms with E-state index in [-0.39, 0.29) is 56.3 Å². The van der Waals surface area contributed by atoms with E-state index in [1.54, 1.807) is 12.1 Å². The first-order valence-corrected chi connectivity index (χ1v) is 19.5. The second kappa shape index (κ2) is 31.7. The van der Waals surface area contributed by atoms with Crippen LogP contribution in [0.3, 0.4) is 0 Å². The van der Waals surface area contributed by atoms with E-state index in [0.29, 0.717) is 12.0 Å². The zero-order valence-electron chi connectivity index (χ0n) is 28.2. The van der Waals surface area contributed by atoms with Gasteiger partial charge in [0.25, 0.3) is 0 Å². The van der Waals surface area contributed by atoms with Gasteiger partial charge in [-0.1, -0.05) is 205 Å². The average Bonchev–Trinajstić information content (AvgIpc) is 2.96. The van der Waals surface area contributed by atoms with Gasteiger partial charge in [0.05, 0.1) is 4.90 Å². The molecule has 0 aromatic heterocycles. The summed E-state index contributed by atoms with van der Waals surface area (Å²) < 4.78 is 34.1. The zero-order chi connectivity index (χ0) is 29.7. The molecule has 0 aliphatic carbocycles. The SMILES string of the molecule is CCCCCCCCCCCCCCCCCCCCCCCCCCCCCCCc1ccccc1S(=O)(=O)[O-].[K+]. The molecule has 0 atom stereocenters. The Bertz CT molecular complexity index is 796. The quantitative estimate of drug-likeness (QED) is 0.0466. The average molecular weight is 631 g/mol. The van der Waals surface area contributed by atoms with Crippen LogP contribution in [0.4, 0.5) is 0 Å². The molecule has 0 aliphatic heterocycles. The maximum absolute atomic E-state index is 11.4. The third-order valence-electron chi connectivity index (χ3n) is 8.79. The third kappa shape index (κ3) is 27.1. The minimum Gasteiger partial charge on any atom is -0.744 e. The van der Waals surface area contributed by atoms with E-state index in [4.69, 9.17) is 0 Å². The van der Waals surface area contributed by atoms with Crippen LogP contribution in [0.15, 0.2) is 29.2 Å². The van der Waals surface area contributed by atoms with E-state index < -0.39 is 10.1 Å². The van der Waals surface area contributed by atoms with E-state index >= 15 is 0 Å². The number of hydrogen-bond donors (Lipinski definition) is 0. The maximum Gasteiger partial charge on any atom is 1.00 e. The molecule has 0 fully saturated rings. The van der Waals surface area contributed by atoms with Gasteiger partial charge in [-0.2, -0.15) is 0 Å². The molecular weight excluding hydrogens is 564 g/mol. The fraction of sp³-hybridized carbons (Fsp3) is 0.838. The first kappa shape index (κ1) is 42.8. The monoisotopic (exact) mass is 630 g/mol. The van der Waals surface area contributed by atoms with Crippen molar-refractivity contribution < 1.29 is 64.4 Å². The van der Waals surface area contributed by atoms with Crippen LogP contribution >= 0.6 is 0 Å². The molecule has 0 radical (unpaired) electrons. The number of aryl methyl sites for hydroxylation is 1. The van der Waals surface area contributed by atoms with E-state index in [1.807, 2.05) is 6.07 Å². The van der Waals surface area contributed by atoms with Crippen LogP contribution in [-0.4, -0.2) is 13.0 Å². The second-order valence-electron chi connectivity index (χ2n) is 12.7. The van der Waals surface area contributed by atoms with E-state index in [9.17, 15) is 13.0 Å². The van der Waals surface area contributed by atoms with Crippen molar-refractivity contribution in [3.05, 3.63) is 29.8 Å². The Morgan fingerprint density at radius 1 is 0.452 bits per heavy atom. The minimum atomic E-state index is -4.36. The van der Waals surface area contributed by atoms with Gasteiger partial charge in [-0.05, 0) is 24.5 Å². The Balaban J connectivity index is 0.0000168. The molecule has 0 spiro atoms. The fourth-order valence-corrected chi connectivity index (χ4v) is 6.85. The Morgan fingerprint density at radius 3 is 1.00 bits per heavy atom. The largest absolute Gasteiger partial charge is 1.00 e. The standard InChI is InChI=1S/C37H68O3S.K/c1-2-3-4-5-6-7-8-9-10-11-12-13-14-15-16-17-18-19-20-21-22-23-24-25-26-27-28-29-30-33-36-34-31-32-35-37(36)41(38,39)40;/h31-32,34-35H,2-30,33H2,1H3,(H,38,39,40);/q;+1/p-1. The van der Waals surface area contributed by atoms with Crippen molar-refractivity contribution in [2.45, 2.75) is 204 Å². The summed E-state index contributed by atoms with van der Waals surface area (Å²) in [6, 6.07) is 6.63. The van der Waals surface area contributed by atoms with E-state index in [1.165, 1.54) is 179 Å². The summed E-state index contributed by atoms with van der Waals surface area (Å²) in [4.78, 5) is -0.0415. The fourth-order valence-electron chi connectivity index (χ4n) is 6.12. The van der Waals surface area contributed by atoms with Crippen molar-refractivity contribution in [2.75, 3.05) is 0 Å². The molecule has 5 heteroatoms. The van der Waals surface area contributed by atoms with Gasteiger partial charge in [0, 0.05) is 0 Å². The van der Waals surface area contributed by atoms with Crippen LogP contribution in [0.2, 0.25) is 0 Å². The van der Waals surface area contributed by atoms with Gasteiger partial charge in [0.15, 0.2) is 0 Å². The van der Waals surface area contributed by atoms with Crippen LogP contribution in [0.1, 0.15) is 199 Å². The van der Waals surface area contributed by atoms with Gasteiger partial charge in [-0.15, -0.1) is 0 Å². The Morgan fingerprint density at radius 2 is 0.714 bits per heavy atom. The van der Waals surface area contributed by atoms with Gasteiger partial charge in [0.1, 0.15) is 10.1 Å². The summed E-state index contributed by atoms with van der Waals surface area (Å²) in [7, 11) is -4.36. The molecule has 1 rings (SSSR count). The topological polar surface area (TPSA) is 57.2 Å². The van der Waals surface area contributed by atoms with Crippen LogP contribution < -0.4 is 51.4 Å². The summed E-state index contributed by atoms with van der Waals surface area (Å²) in [5.74, 6) is 0. The maximum atomic E-state index is 11.4. The van der Waals surface area contributed by atoms with Crippen LogP contribution in [-0.2, 0) is 16.5 Å². The van der Waals surface area contributed by atoms with Gasteiger partial charge >= 0.3 is 51.4 Å². The van der Waals surface area contributed by atoms with Crippen molar-refractivity contribution in [1.82, 2.24) is 0 Å².